The summed E-state index contributed by atoms with van der Waals surface area (Å²) < 4.78 is 11.0. The summed E-state index contributed by atoms with van der Waals surface area (Å²) in [5, 5.41) is 4.89. The van der Waals surface area contributed by atoms with Gasteiger partial charge in [0, 0.05) is 5.02 Å². The van der Waals surface area contributed by atoms with Crippen LogP contribution >= 0.6 is 23.2 Å². The third-order valence-electron chi connectivity index (χ3n) is 4.19. The molecule has 1 amide bonds. The Labute approximate surface area is 175 Å². The number of hydrogen-bond acceptors (Lipinski definition) is 4. The van der Waals surface area contributed by atoms with E-state index in [1.54, 1.807) is 38.4 Å². The lowest BCUT2D eigenvalue weighted by atomic mass is 9.97. The van der Waals surface area contributed by atoms with Crippen molar-refractivity contribution in [3.8, 4) is 11.5 Å². The smallest absolute Gasteiger partial charge is 0.280 e. The Kier molecular flexibility index (Phi) is 7.72. The fourth-order valence-electron chi connectivity index (χ4n) is 2.55. The predicted octanol–water partition coefficient (Wildman–Crippen LogP) is 5.35. The van der Waals surface area contributed by atoms with E-state index in [9.17, 15) is 4.79 Å². The first kappa shape index (κ1) is 22.1. The topological polar surface area (TPSA) is 59.9 Å². The van der Waals surface area contributed by atoms with Crippen LogP contribution in [0, 0.1) is 6.92 Å². The lowest BCUT2D eigenvalue weighted by molar-refractivity contribution is -0.127. The van der Waals surface area contributed by atoms with Crippen molar-refractivity contribution in [2.45, 2.75) is 39.7 Å². The Morgan fingerprint density at radius 3 is 2.46 bits per heavy atom. The third-order valence-corrected chi connectivity index (χ3v) is 4.72. The molecule has 2 aromatic carbocycles. The highest BCUT2D eigenvalue weighted by atomic mass is 35.5. The van der Waals surface area contributed by atoms with Crippen LogP contribution in [0.25, 0.3) is 0 Å². The molecule has 2 aromatic rings. The number of carbonyl (C=O) groups excluding carboxylic acids is 1. The summed E-state index contributed by atoms with van der Waals surface area (Å²) in [5.74, 6) is 1.13. The van der Waals surface area contributed by atoms with Crippen molar-refractivity contribution in [2.24, 2.45) is 5.10 Å². The van der Waals surface area contributed by atoms with E-state index in [1.165, 1.54) is 0 Å². The van der Waals surface area contributed by atoms with Crippen LogP contribution in [0.1, 0.15) is 43.4 Å². The predicted molar refractivity (Wildman–Crippen MR) is 114 cm³/mol. The van der Waals surface area contributed by atoms with Gasteiger partial charge in [-0.1, -0.05) is 37.0 Å². The van der Waals surface area contributed by atoms with Crippen molar-refractivity contribution in [2.75, 3.05) is 7.11 Å². The second kappa shape index (κ2) is 9.80. The molecule has 0 aliphatic heterocycles. The van der Waals surface area contributed by atoms with E-state index in [1.807, 2.05) is 19.1 Å². The monoisotopic (exact) mass is 422 g/mol. The molecule has 150 valence electrons. The van der Waals surface area contributed by atoms with Crippen LogP contribution in [-0.4, -0.2) is 25.3 Å². The number of halogens is 2. The van der Waals surface area contributed by atoms with Gasteiger partial charge in [0.05, 0.1) is 18.3 Å². The first-order valence-electron chi connectivity index (χ1n) is 8.86. The largest absolute Gasteiger partial charge is 0.496 e. The quantitative estimate of drug-likeness (QED) is 0.482. The molecule has 0 aliphatic carbocycles. The normalized spacial score (nSPS) is 12.3. The molecule has 0 fully saturated rings. The molecule has 0 aliphatic rings. The van der Waals surface area contributed by atoms with E-state index in [0.29, 0.717) is 21.7 Å². The van der Waals surface area contributed by atoms with Crippen molar-refractivity contribution < 1.29 is 14.3 Å². The molecule has 0 saturated heterocycles. The maximum absolute atomic E-state index is 12.2. The van der Waals surface area contributed by atoms with E-state index in [-0.39, 0.29) is 0 Å². The summed E-state index contributed by atoms with van der Waals surface area (Å²) in [6.45, 7) is 7.77. The van der Waals surface area contributed by atoms with Crippen LogP contribution < -0.4 is 14.9 Å². The Morgan fingerprint density at radius 1 is 1.14 bits per heavy atom. The lowest BCUT2D eigenvalue weighted by Crippen LogP contribution is -2.33. The van der Waals surface area contributed by atoms with Crippen molar-refractivity contribution in [3.05, 3.63) is 57.1 Å². The van der Waals surface area contributed by atoms with Gasteiger partial charge >= 0.3 is 0 Å². The number of aryl methyl sites for hydroxylation is 1. The summed E-state index contributed by atoms with van der Waals surface area (Å²) in [6.07, 6.45) is 0.833. The highest BCUT2D eigenvalue weighted by Crippen LogP contribution is 2.29. The van der Waals surface area contributed by atoms with E-state index in [4.69, 9.17) is 32.7 Å². The summed E-state index contributed by atoms with van der Waals surface area (Å²) in [7, 11) is 1.66. The number of nitrogens with one attached hydrogen (secondary N) is 1. The van der Waals surface area contributed by atoms with Gasteiger partial charge in [0.15, 0.2) is 6.10 Å². The molecule has 0 radical (unpaired) electrons. The van der Waals surface area contributed by atoms with E-state index < -0.39 is 12.0 Å². The van der Waals surface area contributed by atoms with Crippen LogP contribution in [0.15, 0.2) is 35.4 Å². The van der Waals surface area contributed by atoms with Crippen molar-refractivity contribution in [1.29, 1.82) is 0 Å². The number of amides is 1. The summed E-state index contributed by atoms with van der Waals surface area (Å²) >= 11 is 11.9. The molecular weight excluding hydrogens is 399 g/mol. The molecule has 0 heterocycles. The number of carbonyl (C=O) groups is 1. The first-order chi connectivity index (χ1) is 13.2. The Morgan fingerprint density at radius 2 is 1.86 bits per heavy atom. The molecule has 0 spiro atoms. The van der Waals surface area contributed by atoms with Gasteiger partial charge in [-0.15, -0.1) is 0 Å². The van der Waals surface area contributed by atoms with Gasteiger partial charge < -0.3 is 9.47 Å². The second-order valence-electron chi connectivity index (χ2n) is 6.67. The SMILES string of the molecule is COc1cc(C)c(C=NNC(=O)[C@H](C)Oc2ccc(Cl)cc2Cl)cc1C(C)C. The van der Waals surface area contributed by atoms with E-state index >= 15 is 0 Å². The molecule has 7 heteroatoms. The van der Waals surface area contributed by atoms with Crippen LogP contribution in [0.2, 0.25) is 10.0 Å². The fourth-order valence-corrected chi connectivity index (χ4v) is 3.01. The highest BCUT2D eigenvalue weighted by molar-refractivity contribution is 6.35. The molecule has 1 N–H and O–H groups in total. The highest BCUT2D eigenvalue weighted by Gasteiger charge is 2.16. The number of benzene rings is 2. The number of ether oxygens (including phenoxy) is 2. The maximum Gasteiger partial charge on any atom is 0.280 e. The summed E-state index contributed by atoms with van der Waals surface area (Å²) in [4.78, 5) is 12.2. The molecular formula is C21H24Cl2N2O3. The van der Waals surface area contributed by atoms with Gasteiger partial charge in [0.25, 0.3) is 5.91 Å². The van der Waals surface area contributed by atoms with Gasteiger partial charge in [-0.25, -0.2) is 5.43 Å². The average Bonchev–Trinajstić information content (AvgIpc) is 2.64. The van der Waals surface area contributed by atoms with Crippen molar-refractivity contribution >= 4 is 35.3 Å². The average molecular weight is 423 g/mol. The minimum absolute atomic E-state index is 0.301. The van der Waals surface area contributed by atoms with Crippen molar-refractivity contribution in [3.63, 3.8) is 0 Å². The zero-order valence-electron chi connectivity index (χ0n) is 16.5. The summed E-state index contributed by atoms with van der Waals surface area (Å²) in [5.41, 5.74) is 5.47. The minimum atomic E-state index is -0.779. The minimum Gasteiger partial charge on any atom is -0.496 e. The number of nitrogens with zero attached hydrogens (tertiary/aromatic N) is 1. The van der Waals surface area contributed by atoms with Gasteiger partial charge in [-0.3, -0.25) is 4.79 Å². The second-order valence-corrected chi connectivity index (χ2v) is 7.52. The number of methoxy groups -OCH3 is 1. The van der Waals surface area contributed by atoms with Gasteiger partial charge in [0.2, 0.25) is 0 Å². The molecule has 2 rings (SSSR count). The van der Waals surface area contributed by atoms with E-state index in [0.717, 1.165) is 22.4 Å². The maximum atomic E-state index is 12.2. The van der Waals surface area contributed by atoms with Gasteiger partial charge in [-0.05, 0) is 66.8 Å². The number of rotatable bonds is 7. The molecule has 0 bridgehead atoms. The van der Waals surface area contributed by atoms with Crippen LogP contribution in [0.5, 0.6) is 11.5 Å². The van der Waals surface area contributed by atoms with Gasteiger partial charge in [0.1, 0.15) is 11.5 Å². The zero-order chi connectivity index (χ0) is 20.8. The fraction of sp³-hybridized carbons (Fsp3) is 0.333. The molecule has 0 aromatic heterocycles. The Bertz CT molecular complexity index is 882. The number of hydrogen-bond donors (Lipinski definition) is 1. The molecule has 28 heavy (non-hydrogen) atoms. The zero-order valence-corrected chi connectivity index (χ0v) is 18.1. The first-order valence-corrected chi connectivity index (χ1v) is 9.61. The standard InChI is InChI=1S/C21H24Cl2N2O3/c1-12(2)17-9-15(13(3)8-20(17)27-5)11-24-25-21(26)14(4)28-19-7-6-16(22)10-18(19)23/h6-12,14H,1-5H3,(H,25,26)/t14-/m0/s1. The molecule has 0 saturated carbocycles. The molecule has 1 atom stereocenters. The lowest BCUT2D eigenvalue weighted by Gasteiger charge is -2.15. The molecule has 0 unspecified atom stereocenters. The van der Waals surface area contributed by atoms with Gasteiger partial charge in [-0.2, -0.15) is 5.10 Å². The molecule has 5 nitrogen and oxygen atoms in total. The summed E-state index contributed by atoms with van der Waals surface area (Å²) in [6, 6.07) is 8.80. The van der Waals surface area contributed by atoms with Crippen LogP contribution in [-0.2, 0) is 4.79 Å². The number of hydrazone groups is 1. The van der Waals surface area contributed by atoms with Crippen LogP contribution in [0.4, 0.5) is 0 Å². The third kappa shape index (κ3) is 5.63. The van der Waals surface area contributed by atoms with Crippen LogP contribution in [0.3, 0.4) is 0 Å². The van der Waals surface area contributed by atoms with Crippen molar-refractivity contribution in [1.82, 2.24) is 5.43 Å². The Balaban J connectivity index is 2.05. The Hall–Kier alpha value is -2.24. The van der Waals surface area contributed by atoms with E-state index in [2.05, 4.69) is 24.4 Å².